The second-order valence-electron chi connectivity index (χ2n) is 5.28. The molecule has 0 spiro atoms. The first-order valence-electron chi connectivity index (χ1n) is 6.92. The van der Waals surface area contributed by atoms with Gasteiger partial charge in [-0.2, -0.15) is 5.10 Å². The van der Waals surface area contributed by atoms with Gasteiger partial charge in [0.2, 0.25) is 0 Å². The molecule has 0 radical (unpaired) electrons. The Bertz CT molecular complexity index is 565. The molecule has 0 aliphatic carbocycles. The minimum absolute atomic E-state index is 0.121. The van der Waals surface area contributed by atoms with Crippen molar-refractivity contribution >= 4 is 17.2 Å². The number of nitrogens with zero attached hydrogens (tertiary/aromatic N) is 3. The summed E-state index contributed by atoms with van der Waals surface area (Å²) >= 11 is 1.51. The van der Waals surface area contributed by atoms with Gasteiger partial charge in [-0.05, 0) is 12.0 Å². The molecule has 2 heterocycles. The number of rotatable bonds is 7. The summed E-state index contributed by atoms with van der Waals surface area (Å²) in [7, 11) is 0. The van der Waals surface area contributed by atoms with Crippen LogP contribution in [0.4, 0.5) is 0 Å². The lowest BCUT2D eigenvalue weighted by Gasteiger charge is -2.16. The van der Waals surface area contributed by atoms with Gasteiger partial charge >= 0.3 is 0 Å². The topological polar surface area (TPSA) is 80.0 Å². The highest BCUT2D eigenvalue weighted by molar-refractivity contribution is 7.09. The van der Waals surface area contributed by atoms with Crippen LogP contribution >= 0.6 is 11.3 Å². The number of carbonyl (C=O) groups is 1. The third-order valence-corrected chi connectivity index (χ3v) is 3.75. The van der Waals surface area contributed by atoms with Gasteiger partial charge < -0.3 is 10.4 Å². The molecule has 2 aromatic heterocycles. The SMILES string of the molecule is CC(C)Cn1nccc1C(=O)N[C@H](CO)Cc1nccs1. The van der Waals surface area contributed by atoms with E-state index in [0.717, 1.165) is 5.01 Å². The molecule has 2 rings (SSSR count). The summed E-state index contributed by atoms with van der Waals surface area (Å²) in [6.07, 6.45) is 3.86. The molecule has 2 N–H and O–H groups in total. The molecule has 0 unspecified atom stereocenters. The van der Waals surface area contributed by atoms with E-state index in [1.807, 2.05) is 5.38 Å². The maximum Gasteiger partial charge on any atom is 0.269 e. The van der Waals surface area contributed by atoms with Crippen LogP contribution in [0.25, 0.3) is 0 Å². The number of aliphatic hydroxyl groups excluding tert-OH is 1. The van der Waals surface area contributed by atoms with Crippen LogP contribution in [0, 0.1) is 5.92 Å². The Balaban J connectivity index is 2.00. The number of amides is 1. The fourth-order valence-corrected chi connectivity index (χ4v) is 2.70. The molecule has 0 aliphatic heterocycles. The van der Waals surface area contributed by atoms with Crippen LogP contribution in [0.2, 0.25) is 0 Å². The van der Waals surface area contributed by atoms with Gasteiger partial charge in [-0.1, -0.05) is 13.8 Å². The first-order chi connectivity index (χ1) is 10.1. The molecule has 0 fully saturated rings. The van der Waals surface area contributed by atoms with Crippen molar-refractivity contribution in [1.82, 2.24) is 20.1 Å². The van der Waals surface area contributed by atoms with Crippen LogP contribution in [-0.2, 0) is 13.0 Å². The van der Waals surface area contributed by atoms with E-state index in [4.69, 9.17) is 0 Å². The molecule has 0 aromatic carbocycles. The Morgan fingerprint density at radius 2 is 2.29 bits per heavy atom. The first kappa shape index (κ1) is 15.7. The second-order valence-corrected chi connectivity index (χ2v) is 6.25. The van der Waals surface area contributed by atoms with Crippen molar-refractivity contribution < 1.29 is 9.90 Å². The lowest BCUT2D eigenvalue weighted by Crippen LogP contribution is -2.40. The van der Waals surface area contributed by atoms with E-state index >= 15 is 0 Å². The molecule has 2 aromatic rings. The highest BCUT2D eigenvalue weighted by Gasteiger charge is 2.18. The smallest absolute Gasteiger partial charge is 0.269 e. The normalized spacial score (nSPS) is 12.6. The van der Waals surface area contributed by atoms with Crippen LogP contribution in [0.1, 0.15) is 29.3 Å². The number of nitrogens with one attached hydrogen (secondary N) is 1. The highest BCUT2D eigenvalue weighted by atomic mass is 32.1. The van der Waals surface area contributed by atoms with Crippen molar-refractivity contribution in [3.63, 3.8) is 0 Å². The summed E-state index contributed by atoms with van der Waals surface area (Å²) in [5.74, 6) is 0.184. The fraction of sp³-hybridized carbons (Fsp3) is 0.500. The zero-order chi connectivity index (χ0) is 15.2. The van der Waals surface area contributed by atoms with Gasteiger partial charge in [-0.3, -0.25) is 9.48 Å². The maximum atomic E-state index is 12.3. The van der Waals surface area contributed by atoms with Crippen molar-refractivity contribution in [2.24, 2.45) is 5.92 Å². The Labute approximate surface area is 127 Å². The molecule has 1 atom stereocenters. The third kappa shape index (κ3) is 4.37. The summed E-state index contributed by atoms with van der Waals surface area (Å²) in [5.41, 5.74) is 0.515. The van der Waals surface area contributed by atoms with E-state index in [2.05, 4.69) is 29.2 Å². The minimum atomic E-state index is -0.342. The Morgan fingerprint density at radius 1 is 1.48 bits per heavy atom. The van der Waals surface area contributed by atoms with Gasteiger partial charge in [-0.15, -0.1) is 11.3 Å². The van der Waals surface area contributed by atoms with Gasteiger partial charge in [0.05, 0.1) is 17.7 Å². The van der Waals surface area contributed by atoms with Crippen molar-refractivity contribution in [3.05, 3.63) is 34.5 Å². The van der Waals surface area contributed by atoms with E-state index in [-0.39, 0.29) is 18.6 Å². The molecule has 6 nitrogen and oxygen atoms in total. The molecule has 114 valence electrons. The van der Waals surface area contributed by atoms with E-state index < -0.39 is 0 Å². The number of hydrogen-bond donors (Lipinski definition) is 2. The molecule has 0 aliphatic rings. The standard InChI is InChI=1S/C14H20N4O2S/c1-10(2)8-18-12(3-4-16-18)14(20)17-11(9-19)7-13-15-5-6-21-13/h3-6,10-11,19H,7-9H2,1-2H3,(H,17,20)/t11-/m0/s1. The molecular weight excluding hydrogens is 288 g/mol. The predicted molar refractivity (Wildman–Crippen MR) is 81.2 cm³/mol. The van der Waals surface area contributed by atoms with Crippen LogP contribution < -0.4 is 5.32 Å². The lowest BCUT2D eigenvalue weighted by atomic mass is 10.2. The van der Waals surface area contributed by atoms with E-state index in [0.29, 0.717) is 24.6 Å². The average molecular weight is 308 g/mol. The summed E-state index contributed by atoms with van der Waals surface area (Å²) in [4.78, 5) is 16.5. The monoisotopic (exact) mass is 308 g/mol. The van der Waals surface area contributed by atoms with Crippen LogP contribution in [0.5, 0.6) is 0 Å². The number of thiazole rings is 1. The first-order valence-corrected chi connectivity index (χ1v) is 7.80. The van der Waals surface area contributed by atoms with Gasteiger partial charge in [0.25, 0.3) is 5.91 Å². The van der Waals surface area contributed by atoms with Gasteiger partial charge in [0, 0.05) is 30.7 Å². The third-order valence-electron chi connectivity index (χ3n) is 2.95. The maximum absolute atomic E-state index is 12.3. The zero-order valence-corrected chi connectivity index (χ0v) is 13.0. The van der Waals surface area contributed by atoms with Crippen molar-refractivity contribution in [1.29, 1.82) is 0 Å². The Morgan fingerprint density at radius 3 is 2.90 bits per heavy atom. The zero-order valence-electron chi connectivity index (χ0n) is 12.2. The Kier molecular flexibility index (Phi) is 5.46. The largest absolute Gasteiger partial charge is 0.394 e. The summed E-state index contributed by atoms with van der Waals surface area (Å²) in [5, 5.41) is 19.2. The van der Waals surface area contributed by atoms with Crippen molar-refractivity contribution in [3.8, 4) is 0 Å². The minimum Gasteiger partial charge on any atom is -0.394 e. The van der Waals surface area contributed by atoms with Crippen LogP contribution in [0.15, 0.2) is 23.8 Å². The molecule has 7 heteroatoms. The predicted octanol–water partition coefficient (Wildman–Crippen LogP) is 1.33. The number of aliphatic hydroxyl groups is 1. The molecule has 21 heavy (non-hydrogen) atoms. The number of hydrogen-bond acceptors (Lipinski definition) is 5. The van der Waals surface area contributed by atoms with Crippen molar-refractivity contribution in [2.75, 3.05) is 6.61 Å². The highest BCUT2D eigenvalue weighted by Crippen LogP contribution is 2.09. The van der Waals surface area contributed by atoms with E-state index in [9.17, 15) is 9.90 Å². The molecule has 1 amide bonds. The van der Waals surface area contributed by atoms with Crippen LogP contribution in [0.3, 0.4) is 0 Å². The van der Waals surface area contributed by atoms with Crippen molar-refractivity contribution in [2.45, 2.75) is 32.9 Å². The Hall–Kier alpha value is -1.73. The summed E-state index contributed by atoms with van der Waals surface area (Å²) in [6.45, 7) is 4.71. The van der Waals surface area contributed by atoms with Gasteiger partial charge in [0.15, 0.2) is 0 Å². The van der Waals surface area contributed by atoms with Crippen LogP contribution in [-0.4, -0.2) is 38.4 Å². The quantitative estimate of drug-likeness (QED) is 0.808. The molecule has 0 saturated heterocycles. The fourth-order valence-electron chi connectivity index (χ4n) is 2.00. The van der Waals surface area contributed by atoms with E-state index in [1.165, 1.54) is 11.3 Å². The van der Waals surface area contributed by atoms with Gasteiger partial charge in [-0.25, -0.2) is 4.98 Å². The van der Waals surface area contributed by atoms with E-state index in [1.54, 1.807) is 23.1 Å². The van der Waals surface area contributed by atoms with Gasteiger partial charge in [0.1, 0.15) is 5.69 Å². The lowest BCUT2D eigenvalue weighted by molar-refractivity contribution is 0.0904. The summed E-state index contributed by atoms with van der Waals surface area (Å²) in [6, 6.07) is 1.35. The number of carbonyl (C=O) groups excluding carboxylic acids is 1. The molecule has 0 saturated carbocycles. The molecule has 0 bridgehead atoms. The summed E-state index contributed by atoms with van der Waals surface area (Å²) < 4.78 is 1.69. The second kappa shape index (κ2) is 7.33. The molecular formula is C14H20N4O2S. The average Bonchev–Trinajstić information content (AvgIpc) is 3.08. The number of aromatic nitrogens is 3.